The van der Waals surface area contributed by atoms with Gasteiger partial charge in [0.1, 0.15) is 9.63 Å². The standard InChI is InChI=1S/C6HBr2ClF3NO/c7-2-1-3(9)5(13-4(2)8)14-6(10,11)12/h1H. The summed E-state index contributed by atoms with van der Waals surface area (Å²) in [6.45, 7) is 0. The van der Waals surface area contributed by atoms with Crippen LogP contribution in [0.15, 0.2) is 15.1 Å². The summed E-state index contributed by atoms with van der Waals surface area (Å²) < 4.78 is 39.6. The van der Waals surface area contributed by atoms with E-state index in [0.717, 1.165) is 0 Å². The van der Waals surface area contributed by atoms with E-state index in [4.69, 9.17) is 11.6 Å². The lowest BCUT2D eigenvalue weighted by atomic mass is 10.5. The van der Waals surface area contributed by atoms with Crippen molar-refractivity contribution in [2.45, 2.75) is 6.36 Å². The Hall–Kier alpha value is -0.0100. The van der Waals surface area contributed by atoms with Crippen molar-refractivity contribution in [2.75, 3.05) is 0 Å². The van der Waals surface area contributed by atoms with Gasteiger partial charge in [-0.2, -0.15) is 0 Å². The van der Waals surface area contributed by atoms with Gasteiger partial charge in [0.2, 0.25) is 5.88 Å². The lowest BCUT2D eigenvalue weighted by Crippen LogP contribution is -2.18. The van der Waals surface area contributed by atoms with Crippen molar-refractivity contribution >= 4 is 43.5 Å². The van der Waals surface area contributed by atoms with E-state index < -0.39 is 12.2 Å². The number of aromatic nitrogens is 1. The first-order chi connectivity index (χ1) is 6.29. The molecule has 0 radical (unpaired) electrons. The number of hydrogen-bond donors (Lipinski definition) is 0. The number of alkyl halides is 3. The van der Waals surface area contributed by atoms with Crippen LogP contribution in [0.25, 0.3) is 0 Å². The molecule has 0 amide bonds. The Balaban J connectivity index is 3.04. The average Bonchev–Trinajstić information content (AvgIpc) is 1.97. The lowest BCUT2D eigenvalue weighted by molar-refractivity contribution is -0.276. The minimum atomic E-state index is -4.80. The molecule has 1 heterocycles. The number of ether oxygens (including phenoxy) is 1. The van der Waals surface area contributed by atoms with Crippen LogP contribution in [0.2, 0.25) is 5.02 Å². The monoisotopic (exact) mass is 353 g/mol. The molecule has 0 aliphatic heterocycles. The molecule has 0 aromatic carbocycles. The molecule has 78 valence electrons. The van der Waals surface area contributed by atoms with Gasteiger partial charge in [-0.1, -0.05) is 11.6 Å². The topological polar surface area (TPSA) is 22.1 Å². The minimum Gasteiger partial charge on any atom is -0.386 e. The molecule has 0 saturated carbocycles. The number of pyridine rings is 1. The Morgan fingerprint density at radius 2 is 1.93 bits per heavy atom. The van der Waals surface area contributed by atoms with Crippen molar-refractivity contribution in [3.05, 3.63) is 20.2 Å². The highest BCUT2D eigenvalue weighted by molar-refractivity contribution is 9.13. The highest BCUT2D eigenvalue weighted by atomic mass is 79.9. The molecule has 0 aliphatic rings. The molecule has 2 nitrogen and oxygen atoms in total. The van der Waals surface area contributed by atoms with Crippen LogP contribution < -0.4 is 4.74 Å². The zero-order valence-corrected chi connectivity index (χ0v) is 10.1. The van der Waals surface area contributed by atoms with E-state index in [1.165, 1.54) is 6.07 Å². The number of halogens is 6. The minimum absolute atomic E-state index is 0.182. The first-order valence-electron chi connectivity index (χ1n) is 3.07. The Kier molecular flexibility index (Phi) is 3.65. The summed E-state index contributed by atoms with van der Waals surface area (Å²) in [4.78, 5) is 3.45. The second kappa shape index (κ2) is 4.24. The zero-order valence-electron chi connectivity index (χ0n) is 6.20. The van der Waals surface area contributed by atoms with Crippen molar-refractivity contribution in [3.8, 4) is 5.88 Å². The maximum atomic E-state index is 11.8. The third-order valence-corrected chi connectivity index (χ3v) is 3.08. The van der Waals surface area contributed by atoms with E-state index >= 15 is 0 Å². The van der Waals surface area contributed by atoms with Crippen LogP contribution in [0.3, 0.4) is 0 Å². The number of rotatable bonds is 1. The predicted molar refractivity (Wildman–Crippen MR) is 51.3 cm³/mol. The van der Waals surface area contributed by atoms with Crippen LogP contribution in [0, 0.1) is 0 Å². The first-order valence-corrected chi connectivity index (χ1v) is 5.03. The van der Waals surface area contributed by atoms with Gasteiger partial charge < -0.3 is 4.74 Å². The largest absolute Gasteiger partial charge is 0.574 e. The maximum Gasteiger partial charge on any atom is 0.574 e. The molecule has 8 heteroatoms. The molecular weight excluding hydrogens is 354 g/mol. The van der Waals surface area contributed by atoms with Crippen LogP contribution >= 0.6 is 43.5 Å². The normalized spacial score (nSPS) is 11.6. The molecule has 0 unspecified atom stereocenters. The van der Waals surface area contributed by atoms with E-state index in [1.807, 2.05) is 0 Å². The summed E-state index contributed by atoms with van der Waals surface area (Å²) in [5.74, 6) is -0.686. The van der Waals surface area contributed by atoms with E-state index in [1.54, 1.807) is 0 Å². The molecular formula is C6HBr2ClF3NO. The second-order valence-electron chi connectivity index (χ2n) is 2.10. The number of nitrogens with zero attached hydrogens (tertiary/aromatic N) is 1. The Morgan fingerprint density at radius 1 is 1.36 bits per heavy atom. The quantitative estimate of drug-likeness (QED) is 0.706. The summed E-state index contributed by atoms with van der Waals surface area (Å²) in [6.07, 6.45) is -4.80. The maximum absolute atomic E-state index is 11.8. The Labute approximate surface area is 98.7 Å². The van der Waals surface area contributed by atoms with E-state index in [2.05, 4.69) is 41.6 Å². The van der Waals surface area contributed by atoms with Gasteiger partial charge >= 0.3 is 6.36 Å². The summed E-state index contributed by atoms with van der Waals surface area (Å²) in [5.41, 5.74) is 0. The zero-order chi connectivity index (χ0) is 10.9. The molecule has 0 fully saturated rings. The third kappa shape index (κ3) is 3.29. The molecule has 0 aliphatic carbocycles. The highest BCUT2D eigenvalue weighted by Gasteiger charge is 2.33. The smallest absolute Gasteiger partial charge is 0.386 e. The van der Waals surface area contributed by atoms with Gasteiger partial charge in [0.25, 0.3) is 0 Å². The van der Waals surface area contributed by atoms with Gasteiger partial charge in [0, 0.05) is 0 Å². The molecule has 0 atom stereocenters. The Morgan fingerprint density at radius 3 is 2.43 bits per heavy atom. The highest BCUT2D eigenvalue weighted by Crippen LogP contribution is 2.33. The predicted octanol–water partition coefficient (Wildman–Crippen LogP) is 4.16. The van der Waals surface area contributed by atoms with Gasteiger partial charge in [0.15, 0.2) is 0 Å². The SMILES string of the molecule is FC(F)(F)Oc1nc(Br)c(Br)cc1Cl. The van der Waals surface area contributed by atoms with Crippen molar-refractivity contribution in [1.29, 1.82) is 0 Å². The summed E-state index contributed by atoms with van der Waals surface area (Å²) in [7, 11) is 0. The number of hydrogen-bond acceptors (Lipinski definition) is 2. The molecule has 1 aromatic heterocycles. The van der Waals surface area contributed by atoms with Gasteiger partial charge in [0.05, 0.1) is 4.47 Å². The van der Waals surface area contributed by atoms with E-state index in [0.29, 0.717) is 4.47 Å². The average molecular weight is 355 g/mol. The van der Waals surface area contributed by atoms with Gasteiger partial charge in [-0.25, -0.2) is 4.98 Å². The van der Waals surface area contributed by atoms with Crippen LogP contribution in [-0.2, 0) is 0 Å². The molecule has 1 aromatic rings. The van der Waals surface area contributed by atoms with Crippen LogP contribution in [-0.4, -0.2) is 11.3 Å². The van der Waals surface area contributed by atoms with Crippen LogP contribution in [0.4, 0.5) is 13.2 Å². The molecule has 14 heavy (non-hydrogen) atoms. The van der Waals surface area contributed by atoms with Gasteiger partial charge in [-0.3, -0.25) is 0 Å². The molecule has 0 spiro atoms. The molecule has 1 rings (SSSR count). The van der Waals surface area contributed by atoms with Crippen molar-refractivity contribution in [3.63, 3.8) is 0 Å². The Bertz CT molecular complexity index is 358. The van der Waals surface area contributed by atoms with Crippen LogP contribution in [0.5, 0.6) is 5.88 Å². The lowest BCUT2D eigenvalue weighted by Gasteiger charge is -2.09. The fraction of sp³-hybridized carbons (Fsp3) is 0.167. The van der Waals surface area contributed by atoms with E-state index in [-0.39, 0.29) is 9.63 Å². The third-order valence-electron chi connectivity index (χ3n) is 1.07. The van der Waals surface area contributed by atoms with Gasteiger partial charge in [-0.15, -0.1) is 13.2 Å². The van der Waals surface area contributed by atoms with Crippen LogP contribution in [0.1, 0.15) is 0 Å². The summed E-state index contributed by atoms with van der Waals surface area (Å²) in [6, 6.07) is 1.25. The molecule has 0 bridgehead atoms. The fourth-order valence-electron chi connectivity index (χ4n) is 0.610. The summed E-state index contributed by atoms with van der Waals surface area (Å²) >= 11 is 11.4. The first kappa shape index (κ1) is 12.1. The molecule has 0 saturated heterocycles. The van der Waals surface area contributed by atoms with Crippen molar-refractivity contribution in [1.82, 2.24) is 4.98 Å². The second-order valence-corrected chi connectivity index (χ2v) is 4.11. The molecule has 0 N–H and O–H groups in total. The van der Waals surface area contributed by atoms with E-state index in [9.17, 15) is 13.2 Å². The fourth-order valence-corrected chi connectivity index (χ4v) is 1.52. The summed E-state index contributed by atoms with van der Waals surface area (Å²) in [5, 5.41) is -0.225. The van der Waals surface area contributed by atoms with Crippen molar-refractivity contribution < 1.29 is 17.9 Å². The van der Waals surface area contributed by atoms with Gasteiger partial charge in [-0.05, 0) is 37.9 Å². The van der Waals surface area contributed by atoms with Crippen molar-refractivity contribution in [2.24, 2.45) is 0 Å².